The van der Waals surface area contributed by atoms with Crippen LogP contribution < -0.4 is 0 Å². The van der Waals surface area contributed by atoms with Crippen LogP contribution in [0.15, 0.2) is 45.3 Å². The number of alkyl halides is 1. The largest absolute Gasteiger partial charge is 0.206 e. The van der Waals surface area contributed by atoms with Crippen molar-refractivity contribution in [2.24, 2.45) is 0 Å². The van der Waals surface area contributed by atoms with Gasteiger partial charge in [0.15, 0.2) is 0 Å². The second-order valence-electron chi connectivity index (χ2n) is 3.70. The monoisotopic (exact) mass is 546 g/mol. The van der Waals surface area contributed by atoms with Gasteiger partial charge in [0.25, 0.3) is 0 Å². The summed E-state index contributed by atoms with van der Waals surface area (Å²) >= 11 is 12.6. The maximum atomic E-state index is 13.2. The summed E-state index contributed by atoms with van der Waals surface area (Å²) in [6.07, 6.45) is 0. The van der Waals surface area contributed by atoms with Gasteiger partial charge < -0.3 is 0 Å². The molecular weight excluding hydrogens is 542 g/mol. The van der Waals surface area contributed by atoms with Crippen LogP contribution in [-0.2, 0) is 0 Å². The zero-order valence-electron chi connectivity index (χ0n) is 8.93. The second-order valence-corrected chi connectivity index (χ2v) is 7.55. The zero-order chi connectivity index (χ0) is 13.3. The van der Waals surface area contributed by atoms with Crippen LogP contribution in [-0.4, -0.2) is 0 Å². The molecule has 1 atom stereocenters. The molecule has 0 aliphatic carbocycles. The third-order valence-corrected chi connectivity index (χ3v) is 5.57. The molecular formula is C13H7Br3FI. The maximum Gasteiger partial charge on any atom is 0.137 e. The molecule has 2 aromatic rings. The van der Waals surface area contributed by atoms with E-state index in [0.29, 0.717) is 4.47 Å². The predicted octanol–water partition coefficient (Wildman–Crippen LogP) is 6.44. The molecule has 0 radical (unpaired) electrons. The summed E-state index contributed by atoms with van der Waals surface area (Å²) in [4.78, 5) is 0.0406. The van der Waals surface area contributed by atoms with E-state index in [-0.39, 0.29) is 10.6 Å². The molecule has 0 amide bonds. The molecule has 2 aromatic carbocycles. The molecule has 0 nitrogen and oxygen atoms in total. The minimum absolute atomic E-state index is 0.0406. The number of hydrogen-bond donors (Lipinski definition) is 0. The first kappa shape index (κ1) is 14.9. The molecule has 18 heavy (non-hydrogen) atoms. The highest BCUT2D eigenvalue weighted by Crippen LogP contribution is 2.36. The van der Waals surface area contributed by atoms with Gasteiger partial charge in [0.05, 0.1) is 9.30 Å². The van der Waals surface area contributed by atoms with E-state index in [1.165, 1.54) is 6.07 Å². The predicted molar refractivity (Wildman–Crippen MR) is 91.7 cm³/mol. The molecule has 0 fully saturated rings. The van der Waals surface area contributed by atoms with E-state index < -0.39 is 0 Å². The average Bonchev–Trinajstić information content (AvgIpc) is 2.35. The van der Waals surface area contributed by atoms with E-state index in [9.17, 15) is 4.39 Å². The first-order valence-electron chi connectivity index (χ1n) is 5.03. The second kappa shape index (κ2) is 6.33. The van der Waals surface area contributed by atoms with Crippen LogP contribution in [0.5, 0.6) is 0 Å². The Hall–Kier alpha value is 0.540. The zero-order valence-corrected chi connectivity index (χ0v) is 15.8. The summed E-state index contributed by atoms with van der Waals surface area (Å²) in [5.41, 5.74) is 2.17. The number of rotatable bonds is 2. The van der Waals surface area contributed by atoms with Crippen molar-refractivity contribution in [3.05, 3.63) is 65.9 Å². The fourth-order valence-corrected chi connectivity index (χ4v) is 4.07. The Bertz CT molecular complexity index is 586. The van der Waals surface area contributed by atoms with Gasteiger partial charge >= 0.3 is 0 Å². The van der Waals surface area contributed by atoms with E-state index in [1.54, 1.807) is 12.1 Å². The molecule has 0 heterocycles. The van der Waals surface area contributed by atoms with Crippen LogP contribution >= 0.6 is 70.4 Å². The minimum Gasteiger partial charge on any atom is -0.206 e. The maximum absolute atomic E-state index is 13.2. The van der Waals surface area contributed by atoms with Gasteiger partial charge in [0, 0.05) is 8.04 Å². The van der Waals surface area contributed by atoms with Crippen LogP contribution in [0.25, 0.3) is 0 Å². The highest BCUT2D eigenvalue weighted by molar-refractivity contribution is 14.1. The van der Waals surface area contributed by atoms with Crippen molar-refractivity contribution >= 4 is 70.4 Å². The van der Waals surface area contributed by atoms with Crippen molar-refractivity contribution in [3.63, 3.8) is 0 Å². The quantitative estimate of drug-likeness (QED) is 0.299. The third-order valence-electron chi connectivity index (χ3n) is 2.47. The van der Waals surface area contributed by atoms with Crippen molar-refractivity contribution in [1.82, 2.24) is 0 Å². The fraction of sp³-hybridized carbons (Fsp3) is 0.0769. The van der Waals surface area contributed by atoms with Gasteiger partial charge in [0.2, 0.25) is 0 Å². The Labute approximate surface area is 144 Å². The number of benzene rings is 2. The smallest absolute Gasteiger partial charge is 0.137 e. The van der Waals surface area contributed by atoms with E-state index in [4.69, 9.17) is 0 Å². The molecule has 0 aromatic heterocycles. The van der Waals surface area contributed by atoms with Gasteiger partial charge in [0.1, 0.15) is 5.82 Å². The van der Waals surface area contributed by atoms with Crippen molar-refractivity contribution in [2.45, 2.75) is 4.83 Å². The van der Waals surface area contributed by atoms with Crippen LogP contribution in [0, 0.1) is 9.39 Å². The van der Waals surface area contributed by atoms with Crippen molar-refractivity contribution < 1.29 is 4.39 Å². The Kier molecular flexibility index (Phi) is 5.25. The summed E-state index contributed by atoms with van der Waals surface area (Å²) in [6.45, 7) is 0. The van der Waals surface area contributed by atoms with Crippen molar-refractivity contribution in [3.8, 4) is 0 Å². The highest BCUT2D eigenvalue weighted by Gasteiger charge is 2.15. The molecule has 0 saturated carbocycles. The van der Waals surface area contributed by atoms with Crippen LogP contribution in [0.1, 0.15) is 16.0 Å². The molecule has 0 N–H and O–H groups in total. The molecule has 5 heteroatoms. The Morgan fingerprint density at radius 3 is 2.44 bits per heavy atom. The lowest BCUT2D eigenvalue weighted by molar-refractivity contribution is 0.620. The summed E-state index contributed by atoms with van der Waals surface area (Å²) < 4.78 is 15.9. The fourth-order valence-electron chi connectivity index (χ4n) is 1.56. The van der Waals surface area contributed by atoms with Gasteiger partial charge in [-0.15, -0.1) is 0 Å². The lowest BCUT2D eigenvalue weighted by Crippen LogP contribution is -1.96. The van der Waals surface area contributed by atoms with Crippen molar-refractivity contribution in [2.75, 3.05) is 0 Å². The summed E-state index contributed by atoms with van der Waals surface area (Å²) in [6, 6.07) is 11.2. The Morgan fingerprint density at radius 1 is 1.06 bits per heavy atom. The lowest BCUT2D eigenvalue weighted by atomic mass is 10.1. The molecule has 0 aliphatic heterocycles. The topological polar surface area (TPSA) is 0 Å². The van der Waals surface area contributed by atoms with Crippen LogP contribution in [0.2, 0.25) is 0 Å². The molecule has 0 spiro atoms. The molecule has 1 unspecified atom stereocenters. The van der Waals surface area contributed by atoms with Gasteiger partial charge in [-0.25, -0.2) is 4.39 Å². The molecule has 0 saturated heterocycles. The standard InChI is InChI=1S/C13H7Br3FI/c14-8-2-4-12(18)9(6-8)13(16)7-1-3-11(17)10(15)5-7/h1-6,13H. The molecule has 94 valence electrons. The van der Waals surface area contributed by atoms with E-state index >= 15 is 0 Å². The molecule has 0 bridgehead atoms. The Balaban J connectivity index is 2.44. The third kappa shape index (κ3) is 3.35. The van der Waals surface area contributed by atoms with E-state index in [1.807, 2.05) is 12.1 Å². The first-order valence-corrected chi connectivity index (χ1v) is 8.61. The minimum atomic E-state index is -0.248. The van der Waals surface area contributed by atoms with E-state index in [0.717, 1.165) is 19.2 Å². The van der Waals surface area contributed by atoms with E-state index in [2.05, 4.69) is 76.4 Å². The molecule has 2 rings (SSSR count). The van der Waals surface area contributed by atoms with Gasteiger partial charge in [-0.1, -0.05) is 37.9 Å². The van der Waals surface area contributed by atoms with Gasteiger partial charge in [-0.05, 0) is 80.0 Å². The normalized spacial score (nSPS) is 12.5. The van der Waals surface area contributed by atoms with Crippen LogP contribution in [0.3, 0.4) is 0 Å². The average molecular weight is 549 g/mol. The lowest BCUT2D eigenvalue weighted by Gasteiger charge is -2.14. The number of halogens is 5. The van der Waals surface area contributed by atoms with Gasteiger partial charge in [-0.2, -0.15) is 0 Å². The highest BCUT2D eigenvalue weighted by atomic mass is 127. The van der Waals surface area contributed by atoms with Crippen LogP contribution in [0.4, 0.5) is 4.39 Å². The summed E-state index contributed by atoms with van der Waals surface area (Å²) in [7, 11) is 0. The number of hydrogen-bond acceptors (Lipinski definition) is 0. The molecule has 0 aliphatic rings. The SMILES string of the molecule is Fc1ccc(C(Br)c2cc(Br)ccc2I)cc1Br. The summed E-state index contributed by atoms with van der Waals surface area (Å²) in [5.74, 6) is -0.248. The summed E-state index contributed by atoms with van der Waals surface area (Å²) in [5, 5.41) is 0. The van der Waals surface area contributed by atoms with Crippen molar-refractivity contribution in [1.29, 1.82) is 0 Å². The van der Waals surface area contributed by atoms with Gasteiger partial charge in [-0.3, -0.25) is 0 Å². The Morgan fingerprint density at radius 2 is 1.78 bits per heavy atom. The first-order chi connectivity index (χ1) is 8.49.